The van der Waals surface area contributed by atoms with Gasteiger partial charge in [-0.3, -0.25) is 4.79 Å². The first-order chi connectivity index (χ1) is 12.1. The molecule has 0 spiro atoms. The molecule has 10 heteroatoms. The van der Waals surface area contributed by atoms with E-state index in [2.05, 4.69) is 30.8 Å². The Morgan fingerprint density at radius 3 is 2.92 bits per heavy atom. The van der Waals surface area contributed by atoms with E-state index in [1.807, 2.05) is 37.4 Å². The fraction of sp³-hybridized carbons (Fsp3) is 0.267. The molecule has 3 heterocycles. The molecule has 0 fully saturated rings. The minimum Gasteiger partial charge on any atom is -0.316 e. The number of aryl methyl sites for hydroxylation is 1. The molecule has 0 aliphatic rings. The molecule has 0 saturated heterocycles. The molecule has 0 aromatic carbocycles. The van der Waals surface area contributed by atoms with Crippen LogP contribution in [0.4, 0.5) is 16.1 Å². The van der Waals surface area contributed by atoms with Gasteiger partial charge < -0.3 is 10.6 Å². The Morgan fingerprint density at radius 2 is 2.12 bits per heavy atom. The van der Waals surface area contributed by atoms with Crippen LogP contribution in [0.25, 0.3) is 0 Å². The van der Waals surface area contributed by atoms with Crippen molar-refractivity contribution in [3.63, 3.8) is 0 Å². The Balaban J connectivity index is 1.56. The Morgan fingerprint density at radius 1 is 1.24 bits per heavy atom. The number of nitrogens with one attached hydrogen (secondary N) is 2. The number of rotatable bonds is 7. The zero-order valence-electron chi connectivity index (χ0n) is 13.6. The normalized spacial score (nSPS) is 10.6. The summed E-state index contributed by atoms with van der Waals surface area (Å²) in [6.45, 7) is 3.98. The Hall–Kier alpha value is -2.04. The van der Waals surface area contributed by atoms with Gasteiger partial charge in [-0.05, 0) is 24.8 Å². The molecular formula is C15H16N6OS3. The highest BCUT2D eigenvalue weighted by atomic mass is 32.2. The van der Waals surface area contributed by atoms with Crippen molar-refractivity contribution in [1.29, 1.82) is 0 Å². The smallest absolute Gasteiger partial charge is 0.232 e. The second kappa shape index (κ2) is 8.37. The molecule has 0 unspecified atom stereocenters. The lowest BCUT2D eigenvalue weighted by molar-refractivity contribution is -0.115. The SMILES string of the molecule is CCSc1nnc(NC(=O)Cc2csc(Nc3cccc(C)n3)n2)s1. The number of nitrogens with zero attached hydrogens (tertiary/aromatic N) is 4. The topological polar surface area (TPSA) is 92.7 Å². The zero-order valence-corrected chi connectivity index (χ0v) is 16.1. The van der Waals surface area contributed by atoms with Crippen LogP contribution in [0, 0.1) is 6.92 Å². The lowest BCUT2D eigenvalue weighted by Gasteiger charge is -2.02. The molecule has 7 nitrogen and oxygen atoms in total. The molecule has 3 rings (SSSR count). The summed E-state index contributed by atoms with van der Waals surface area (Å²) in [5.41, 5.74) is 1.63. The van der Waals surface area contributed by atoms with Crippen molar-refractivity contribution in [3.05, 3.63) is 35.0 Å². The standard InChI is InChI=1S/C15H16N6OS3/c1-3-23-15-21-20-14(25-15)19-12(22)7-10-8-24-13(17-10)18-11-6-4-5-9(2)16-11/h4-6,8H,3,7H2,1-2H3,(H,16,17,18)(H,19,20,22). The van der Waals surface area contributed by atoms with Crippen LogP contribution in [-0.2, 0) is 11.2 Å². The third kappa shape index (κ3) is 5.21. The fourth-order valence-electron chi connectivity index (χ4n) is 1.94. The van der Waals surface area contributed by atoms with Gasteiger partial charge in [0.05, 0.1) is 12.1 Å². The van der Waals surface area contributed by atoms with Crippen LogP contribution in [0.2, 0.25) is 0 Å². The molecular weight excluding hydrogens is 376 g/mol. The van der Waals surface area contributed by atoms with Crippen molar-refractivity contribution in [2.45, 2.75) is 24.6 Å². The lowest BCUT2D eigenvalue weighted by Crippen LogP contribution is -2.14. The molecule has 0 aliphatic carbocycles. The molecule has 0 saturated carbocycles. The van der Waals surface area contributed by atoms with Gasteiger partial charge in [0.25, 0.3) is 0 Å². The quantitative estimate of drug-likeness (QED) is 0.467. The molecule has 0 aliphatic heterocycles. The predicted molar refractivity (Wildman–Crippen MR) is 103 cm³/mol. The molecule has 0 radical (unpaired) electrons. The number of anilines is 3. The summed E-state index contributed by atoms with van der Waals surface area (Å²) in [7, 11) is 0. The second-order valence-electron chi connectivity index (χ2n) is 4.96. The minimum atomic E-state index is -0.158. The summed E-state index contributed by atoms with van der Waals surface area (Å²) < 4.78 is 0.851. The summed E-state index contributed by atoms with van der Waals surface area (Å²) in [6.07, 6.45) is 0.190. The number of thiazole rings is 1. The van der Waals surface area contributed by atoms with Crippen LogP contribution in [0.1, 0.15) is 18.3 Å². The van der Waals surface area contributed by atoms with Crippen molar-refractivity contribution in [1.82, 2.24) is 20.2 Å². The maximum absolute atomic E-state index is 12.1. The summed E-state index contributed by atoms with van der Waals surface area (Å²) in [5.74, 6) is 1.50. The van der Waals surface area contributed by atoms with Gasteiger partial charge in [-0.15, -0.1) is 21.5 Å². The summed E-state index contributed by atoms with van der Waals surface area (Å²) in [6, 6.07) is 5.74. The Bertz CT molecular complexity index is 862. The number of carbonyl (C=O) groups is 1. The van der Waals surface area contributed by atoms with Crippen LogP contribution in [0.5, 0.6) is 0 Å². The van der Waals surface area contributed by atoms with E-state index in [0.717, 1.165) is 21.6 Å². The largest absolute Gasteiger partial charge is 0.316 e. The number of hydrogen-bond acceptors (Lipinski definition) is 9. The molecule has 2 N–H and O–H groups in total. The Kier molecular flexibility index (Phi) is 5.95. The highest BCUT2D eigenvalue weighted by molar-refractivity contribution is 8.01. The van der Waals surface area contributed by atoms with E-state index < -0.39 is 0 Å². The average Bonchev–Trinajstić information content (AvgIpc) is 3.17. The first-order valence-corrected chi connectivity index (χ1v) is 10.2. The minimum absolute atomic E-state index is 0.158. The van der Waals surface area contributed by atoms with Gasteiger partial charge in [-0.1, -0.05) is 36.1 Å². The second-order valence-corrected chi connectivity index (χ2v) is 8.31. The van der Waals surface area contributed by atoms with Gasteiger partial charge in [0.2, 0.25) is 11.0 Å². The van der Waals surface area contributed by atoms with Gasteiger partial charge in [-0.2, -0.15) is 0 Å². The first-order valence-electron chi connectivity index (χ1n) is 7.53. The van der Waals surface area contributed by atoms with E-state index in [1.165, 1.54) is 22.7 Å². The summed E-state index contributed by atoms with van der Waals surface area (Å²) >= 11 is 4.41. The van der Waals surface area contributed by atoms with Gasteiger partial charge in [0.1, 0.15) is 5.82 Å². The van der Waals surface area contributed by atoms with Crippen LogP contribution in [-0.4, -0.2) is 31.8 Å². The van der Waals surface area contributed by atoms with Crippen molar-refractivity contribution in [3.8, 4) is 0 Å². The first kappa shape index (κ1) is 17.8. The van der Waals surface area contributed by atoms with Gasteiger partial charge >= 0.3 is 0 Å². The number of hydrogen-bond donors (Lipinski definition) is 2. The molecule has 3 aromatic rings. The number of aromatic nitrogens is 4. The molecule has 3 aromatic heterocycles. The van der Waals surface area contributed by atoms with E-state index in [4.69, 9.17) is 0 Å². The van der Waals surface area contributed by atoms with E-state index in [1.54, 1.807) is 11.8 Å². The van der Waals surface area contributed by atoms with E-state index in [0.29, 0.717) is 16.0 Å². The number of pyridine rings is 1. The van der Waals surface area contributed by atoms with Crippen LogP contribution >= 0.6 is 34.4 Å². The van der Waals surface area contributed by atoms with Crippen LogP contribution < -0.4 is 10.6 Å². The maximum Gasteiger partial charge on any atom is 0.232 e. The summed E-state index contributed by atoms with van der Waals surface area (Å²) in [4.78, 5) is 20.9. The summed E-state index contributed by atoms with van der Waals surface area (Å²) in [5, 5.41) is 17.0. The molecule has 130 valence electrons. The monoisotopic (exact) mass is 392 g/mol. The van der Waals surface area contributed by atoms with Crippen LogP contribution in [0.15, 0.2) is 27.9 Å². The molecule has 0 bridgehead atoms. The van der Waals surface area contributed by atoms with Gasteiger partial charge in [-0.25, -0.2) is 9.97 Å². The Labute approximate surface area is 157 Å². The third-order valence-electron chi connectivity index (χ3n) is 2.94. The van der Waals surface area contributed by atoms with E-state index >= 15 is 0 Å². The van der Waals surface area contributed by atoms with Gasteiger partial charge in [0, 0.05) is 11.1 Å². The number of amides is 1. The van der Waals surface area contributed by atoms with E-state index in [9.17, 15) is 4.79 Å². The van der Waals surface area contributed by atoms with Crippen molar-refractivity contribution in [2.24, 2.45) is 0 Å². The predicted octanol–water partition coefficient (Wildman–Crippen LogP) is 3.73. The third-order valence-corrected chi connectivity index (χ3v) is 5.60. The van der Waals surface area contributed by atoms with Crippen molar-refractivity contribution >= 4 is 56.4 Å². The van der Waals surface area contributed by atoms with Crippen molar-refractivity contribution < 1.29 is 4.79 Å². The maximum atomic E-state index is 12.1. The zero-order chi connectivity index (χ0) is 17.6. The highest BCUT2D eigenvalue weighted by Crippen LogP contribution is 2.25. The number of carbonyl (C=O) groups excluding carboxylic acids is 1. The average molecular weight is 393 g/mol. The molecule has 1 amide bonds. The lowest BCUT2D eigenvalue weighted by atomic mass is 10.3. The van der Waals surface area contributed by atoms with Crippen molar-refractivity contribution in [2.75, 3.05) is 16.4 Å². The fourth-order valence-corrected chi connectivity index (χ4v) is 4.32. The van der Waals surface area contributed by atoms with E-state index in [-0.39, 0.29) is 12.3 Å². The highest BCUT2D eigenvalue weighted by Gasteiger charge is 2.11. The number of thioether (sulfide) groups is 1. The molecule has 25 heavy (non-hydrogen) atoms. The molecule has 0 atom stereocenters. The van der Waals surface area contributed by atoms with Crippen LogP contribution in [0.3, 0.4) is 0 Å². The van der Waals surface area contributed by atoms with Gasteiger partial charge in [0.15, 0.2) is 9.47 Å².